The minimum absolute atomic E-state index is 0.0656. The molecule has 0 aliphatic heterocycles. The third kappa shape index (κ3) is 2.70. The molecule has 1 aromatic heterocycles. The molecule has 0 amide bonds. The van der Waals surface area contributed by atoms with Crippen molar-refractivity contribution in [2.45, 2.75) is 6.92 Å². The largest absolute Gasteiger partial charge is 0.497 e. The Labute approximate surface area is 120 Å². The van der Waals surface area contributed by atoms with Crippen LogP contribution < -0.4 is 4.74 Å². The summed E-state index contributed by atoms with van der Waals surface area (Å²) in [5.41, 5.74) is 0.537. The Bertz CT molecular complexity index is 646. The van der Waals surface area contributed by atoms with Crippen molar-refractivity contribution in [3.8, 4) is 5.75 Å². The highest BCUT2D eigenvalue weighted by Crippen LogP contribution is 2.23. The van der Waals surface area contributed by atoms with Crippen molar-refractivity contribution in [3.05, 3.63) is 45.4 Å². The molecule has 0 spiro atoms. The lowest BCUT2D eigenvalue weighted by Gasteiger charge is -2.02. The van der Waals surface area contributed by atoms with E-state index in [4.69, 9.17) is 4.74 Å². The molecule has 0 saturated carbocycles. The van der Waals surface area contributed by atoms with Gasteiger partial charge in [-0.3, -0.25) is 4.79 Å². The molecule has 6 heteroatoms. The van der Waals surface area contributed by atoms with Crippen molar-refractivity contribution in [2.24, 2.45) is 0 Å². The molecule has 20 heavy (non-hydrogen) atoms. The first kappa shape index (κ1) is 14.2. The SMILES string of the molecule is COC(=O)c1nc(C)sc1C(=O)c1ccc(OC)cc1. The molecule has 104 valence electrons. The minimum Gasteiger partial charge on any atom is -0.497 e. The average molecular weight is 291 g/mol. The van der Waals surface area contributed by atoms with Gasteiger partial charge in [0, 0.05) is 5.56 Å². The summed E-state index contributed by atoms with van der Waals surface area (Å²) < 4.78 is 9.69. The molecule has 1 aromatic carbocycles. The third-order valence-corrected chi connectivity index (χ3v) is 3.64. The number of thiazole rings is 1. The Kier molecular flexibility index (Phi) is 4.14. The Morgan fingerprint density at radius 2 is 1.80 bits per heavy atom. The first-order valence-electron chi connectivity index (χ1n) is 5.81. The van der Waals surface area contributed by atoms with Gasteiger partial charge in [-0.25, -0.2) is 9.78 Å². The highest BCUT2D eigenvalue weighted by molar-refractivity contribution is 7.14. The average Bonchev–Trinajstić information content (AvgIpc) is 2.87. The van der Waals surface area contributed by atoms with Crippen LogP contribution in [-0.4, -0.2) is 31.0 Å². The molecule has 0 radical (unpaired) electrons. The van der Waals surface area contributed by atoms with Gasteiger partial charge in [-0.2, -0.15) is 0 Å². The van der Waals surface area contributed by atoms with E-state index in [1.165, 1.54) is 18.4 Å². The molecule has 0 N–H and O–H groups in total. The Morgan fingerprint density at radius 1 is 1.15 bits per heavy atom. The molecular formula is C14H13NO4S. The highest BCUT2D eigenvalue weighted by Gasteiger charge is 2.23. The normalized spacial score (nSPS) is 10.2. The van der Waals surface area contributed by atoms with Crippen molar-refractivity contribution in [1.82, 2.24) is 4.98 Å². The number of carbonyl (C=O) groups excluding carboxylic acids is 2. The van der Waals surface area contributed by atoms with Crippen LogP contribution in [0.4, 0.5) is 0 Å². The van der Waals surface area contributed by atoms with Crippen LogP contribution in [0.1, 0.15) is 30.7 Å². The standard InChI is InChI=1S/C14H13NO4S/c1-8-15-11(14(17)19-3)13(20-8)12(16)9-4-6-10(18-2)7-5-9/h4-7H,1-3H3. The van der Waals surface area contributed by atoms with Gasteiger partial charge in [0.15, 0.2) is 5.69 Å². The van der Waals surface area contributed by atoms with Crippen molar-refractivity contribution in [3.63, 3.8) is 0 Å². The van der Waals surface area contributed by atoms with E-state index in [-0.39, 0.29) is 11.5 Å². The molecule has 1 heterocycles. The molecule has 2 aromatic rings. The van der Waals surface area contributed by atoms with Crippen molar-refractivity contribution in [2.75, 3.05) is 14.2 Å². The number of ketones is 1. The third-order valence-electron chi connectivity index (χ3n) is 2.67. The van der Waals surface area contributed by atoms with Crippen LogP contribution in [0, 0.1) is 6.92 Å². The minimum atomic E-state index is -0.605. The van der Waals surface area contributed by atoms with E-state index in [0.29, 0.717) is 21.2 Å². The Balaban J connectivity index is 2.39. The first-order chi connectivity index (χ1) is 9.56. The van der Waals surface area contributed by atoms with E-state index >= 15 is 0 Å². The number of hydrogen-bond acceptors (Lipinski definition) is 6. The summed E-state index contributed by atoms with van der Waals surface area (Å²) in [4.78, 5) is 28.4. The topological polar surface area (TPSA) is 65.5 Å². The van der Waals surface area contributed by atoms with E-state index < -0.39 is 5.97 Å². The second kappa shape index (κ2) is 5.83. The lowest BCUT2D eigenvalue weighted by atomic mass is 10.1. The molecule has 0 unspecified atom stereocenters. The van der Waals surface area contributed by atoms with Gasteiger partial charge in [0.1, 0.15) is 10.6 Å². The molecule has 2 rings (SSSR count). The summed E-state index contributed by atoms with van der Waals surface area (Å²) in [5.74, 6) is -0.194. The zero-order chi connectivity index (χ0) is 14.7. The summed E-state index contributed by atoms with van der Waals surface area (Å²) in [5, 5.41) is 0.641. The fraction of sp³-hybridized carbons (Fsp3) is 0.214. The molecule has 5 nitrogen and oxygen atoms in total. The Hall–Kier alpha value is -2.21. The number of carbonyl (C=O) groups is 2. The number of methoxy groups -OCH3 is 2. The molecule has 0 saturated heterocycles. The molecule has 0 fully saturated rings. The zero-order valence-electron chi connectivity index (χ0n) is 11.3. The molecule has 0 atom stereocenters. The van der Waals surface area contributed by atoms with Gasteiger partial charge in [0.2, 0.25) is 5.78 Å². The number of nitrogens with zero attached hydrogens (tertiary/aromatic N) is 1. The fourth-order valence-electron chi connectivity index (χ4n) is 1.69. The summed E-state index contributed by atoms with van der Waals surface area (Å²) in [6, 6.07) is 6.69. The first-order valence-corrected chi connectivity index (χ1v) is 6.63. The highest BCUT2D eigenvalue weighted by atomic mass is 32.1. The van der Waals surface area contributed by atoms with Crippen LogP contribution in [0.25, 0.3) is 0 Å². The lowest BCUT2D eigenvalue weighted by molar-refractivity contribution is 0.0591. The predicted molar refractivity (Wildman–Crippen MR) is 74.6 cm³/mol. The Morgan fingerprint density at radius 3 is 2.35 bits per heavy atom. The molecule has 0 aliphatic carbocycles. The monoisotopic (exact) mass is 291 g/mol. The van der Waals surface area contributed by atoms with E-state index in [2.05, 4.69) is 9.72 Å². The smallest absolute Gasteiger partial charge is 0.358 e. The van der Waals surface area contributed by atoms with E-state index in [9.17, 15) is 9.59 Å². The van der Waals surface area contributed by atoms with Crippen LogP contribution in [0.5, 0.6) is 5.75 Å². The maximum absolute atomic E-state index is 12.4. The summed E-state index contributed by atoms with van der Waals surface area (Å²) >= 11 is 1.18. The van der Waals surface area contributed by atoms with Gasteiger partial charge < -0.3 is 9.47 Å². The second-order valence-corrected chi connectivity index (χ2v) is 5.16. The number of hydrogen-bond donors (Lipinski definition) is 0. The van der Waals surface area contributed by atoms with Gasteiger partial charge in [0.05, 0.1) is 19.2 Å². The van der Waals surface area contributed by atoms with Gasteiger partial charge in [-0.15, -0.1) is 11.3 Å². The maximum Gasteiger partial charge on any atom is 0.358 e. The van der Waals surface area contributed by atoms with Gasteiger partial charge >= 0.3 is 5.97 Å². The number of rotatable bonds is 4. The van der Waals surface area contributed by atoms with E-state index in [0.717, 1.165) is 0 Å². The molecule has 0 aliphatic rings. The van der Waals surface area contributed by atoms with Gasteiger partial charge in [-0.1, -0.05) is 0 Å². The van der Waals surface area contributed by atoms with Crippen LogP contribution in [0.3, 0.4) is 0 Å². The van der Waals surface area contributed by atoms with Gasteiger partial charge in [-0.05, 0) is 31.2 Å². The van der Waals surface area contributed by atoms with Crippen LogP contribution in [0.15, 0.2) is 24.3 Å². The second-order valence-electron chi connectivity index (χ2n) is 3.96. The fourth-order valence-corrected chi connectivity index (χ4v) is 2.56. The van der Waals surface area contributed by atoms with Crippen LogP contribution in [0.2, 0.25) is 0 Å². The number of aromatic nitrogens is 1. The van der Waals surface area contributed by atoms with E-state index in [1.54, 1.807) is 38.3 Å². The summed E-state index contributed by atoms with van der Waals surface area (Å²) in [6.45, 7) is 1.74. The van der Waals surface area contributed by atoms with Crippen molar-refractivity contribution >= 4 is 23.1 Å². The summed E-state index contributed by atoms with van der Waals surface area (Å²) in [6.07, 6.45) is 0. The summed E-state index contributed by atoms with van der Waals surface area (Å²) in [7, 11) is 2.82. The van der Waals surface area contributed by atoms with Crippen LogP contribution in [-0.2, 0) is 4.74 Å². The quantitative estimate of drug-likeness (QED) is 0.639. The van der Waals surface area contributed by atoms with E-state index in [1.807, 2.05) is 0 Å². The lowest BCUT2D eigenvalue weighted by Crippen LogP contribution is -2.09. The maximum atomic E-state index is 12.4. The van der Waals surface area contributed by atoms with Crippen molar-refractivity contribution < 1.29 is 19.1 Å². The number of esters is 1. The van der Waals surface area contributed by atoms with Gasteiger partial charge in [0.25, 0.3) is 0 Å². The zero-order valence-corrected chi connectivity index (χ0v) is 12.1. The number of ether oxygens (including phenoxy) is 2. The predicted octanol–water partition coefficient (Wildman–Crippen LogP) is 2.48. The van der Waals surface area contributed by atoms with Crippen LogP contribution >= 0.6 is 11.3 Å². The van der Waals surface area contributed by atoms with Crippen molar-refractivity contribution in [1.29, 1.82) is 0 Å². The molecular weight excluding hydrogens is 278 g/mol. The molecule has 0 bridgehead atoms. The number of benzene rings is 1. The number of aryl methyl sites for hydroxylation is 1.